The Bertz CT molecular complexity index is 758. The molecule has 2 rings (SSSR count). The number of carbonyl (C=O) groups is 1. The van der Waals surface area contributed by atoms with E-state index in [9.17, 15) is 14.9 Å². The largest absolute Gasteiger partial charge is 0.481 e. The van der Waals surface area contributed by atoms with Crippen LogP contribution in [0.3, 0.4) is 0 Å². The van der Waals surface area contributed by atoms with Crippen LogP contribution in [0, 0.1) is 24.0 Å². The quantitative estimate of drug-likeness (QED) is 0.641. The standard InChI is InChI=1S/C18H20N2O4/c1-4-17(24-15-7-5-6-12(2)10-15)18(21)19-16-11-14(20(22)23)9-8-13(16)3/h5-11,17H,4H2,1-3H3,(H,19,21). The summed E-state index contributed by atoms with van der Waals surface area (Å²) < 4.78 is 5.75. The number of nitrogens with zero attached hydrogens (tertiary/aromatic N) is 1. The van der Waals surface area contributed by atoms with Gasteiger partial charge in [-0.05, 0) is 43.5 Å². The molecule has 126 valence electrons. The van der Waals surface area contributed by atoms with Gasteiger partial charge in [0.05, 0.1) is 10.6 Å². The number of aryl methyl sites for hydroxylation is 2. The van der Waals surface area contributed by atoms with Gasteiger partial charge in [0, 0.05) is 12.1 Å². The van der Waals surface area contributed by atoms with E-state index in [1.54, 1.807) is 19.1 Å². The lowest BCUT2D eigenvalue weighted by Crippen LogP contribution is -2.32. The topological polar surface area (TPSA) is 81.5 Å². The van der Waals surface area contributed by atoms with E-state index in [0.717, 1.165) is 11.1 Å². The molecule has 2 aromatic carbocycles. The van der Waals surface area contributed by atoms with Gasteiger partial charge in [0.1, 0.15) is 5.75 Å². The van der Waals surface area contributed by atoms with Gasteiger partial charge in [-0.15, -0.1) is 0 Å². The van der Waals surface area contributed by atoms with E-state index in [1.165, 1.54) is 12.1 Å². The van der Waals surface area contributed by atoms with Crippen molar-refractivity contribution >= 4 is 17.3 Å². The van der Waals surface area contributed by atoms with Crippen LogP contribution in [0.5, 0.6) is 5.75 Å². The van der Waals surface area contributed by atoms with Crippen LogP contribution in [0.25, 0.3) is 0 Å². The molecule has 0 aromatic heterocycles. The average Bonchev–Trinajstić information content (AvgIpc) is 2.54. The Morgan fingerprint density at radius 2 is 2.00 bits per heavy atom. The molecule has 0 bridgehead atoms. The maximum atomic E-state index is 12.5. The molecule has 0 saturated carbocycles. The van der Waals surface area contributed by atoms with Crippen LogP contribution in [0.15, 0.2) is 42.5 Å². The van der Waals surface area contributed by atoms with Gasteiger partial charge in [0.15, 0.2) is 6.10 Å². The van der Waals surface area contributed by atoms with Crippen LogP contribution in [0.4, 0.5) is 11.4 Å². The van der Waals surface area contributed by atoms with Gasteiger partial charge in [0.2, 0.25) is 0 Å². The number of nitro benzene ring substituents is 1. The van der Waals surface area contributed by atoms with E-state index in [2.05, 4.69) is 5.32 Å². The first kappa shape index (κ1) is 17.5. The number of nitro groups is 1. The summed E-state index contributed by atoms with van der Waals surface area (Å²) in [7, 11) is 0. The summed E-state index contributed by atoms with van der Waals surface area (Å²) in [6.45, 7) is 5.57. The number of hydrogen-bond donors (Lipinski definition) is 1. The number of nitrogens with one attached hydrogen (secondary N) is 1. The highest BCUT2D eigenvalue weighted by molar-refractivity contribution is 5.95. The number of amides is 1. The van der Waals surface area contributed by atoms with E-state index < -0.39 is 11.0 Å². The monoisotopic (exact) mass is 328 g/mol. The lowest BCUT2D eigenvalue weighted by molar-refractivity contribution is -0.384. The third kappa shape index (κ3) is 4.32. The van der Waals surface area contributed by atoms with Gasteiger partial charge in [-0.25, -0.2) is 0 Å². The Morgan fingerprint density at radius 3 is 2.62 bits per heavy atom. The molecule has 1 N–H and O–H groups in total. The van der Waals surface area contributed by atoms with Gasteiger partial charge in [0.25, 0.3) is 11.6 Å². The summed E-state index contributed by atoms with van der Waals surface area (Å²) >= 11 is 0. The molecule has 1 amide bonds. The first-order valence-electron chi connectivity index (χ1n) is 7.70. The molecule has 1 atom stereocenters. The van der Waals surface area contributed by atoms with Crippen LogP contribution in [-0.4, -0.2) is 16.9 Å². The van der Waals surface area contributed by atoms with Crippen LogP contribution >= 0.6 is 0 Å². The van der Waals surface area contributed by atoms with E-state index >= 15 is 0 Å². The molecule has 0 spiro atoms. The fourth-order valence-corrected chi connectivity index (χ4v) is 2.25. The second-order valence-corrected chi connectivity index (χ2v) is 5.58. The van der Waals surface area contributed by atoms with Crippen LogP contribution in [0.1, 0.15) is 24.5 Å². The molecule has 6 nitrogen and oxygen atoms in total. The van der Waals surface area contributed by atoms with Gasteiger partial charge in [-0.1, -0.05) is 25.1 Å². The Hall–Kier alpha value is -2.89. The Kier molecular flexibility index (Phi) is 5.52. The maximum absolute atomic E-state index is 12.5. The fourth-order valence-electron chi connectivity index (χ4n) is 2.25. The zero-order valence-corrected chi connectivity index (χ0v) is 13.9. The first-order chi connectivity index (χ1) is 11.4. The van der Waals surface area contributed by atoms with Crippen molar-refractivity contribution in [2.45, 2.75) is 33.3 Å². The zero-order chi connectivity index (χ0) is 17.7. The van der Waals surface area contributed by atoms with E-state index in [1.807, 2.05) is 32.0 Å². The van der Waals surface area contributed by atoms with Crippen molar-refractivity contribution in [2.24, 2.45) is 0 Å². The minimum atomic E-state index is -0.675. The first-order valence-corrected chi connectivity index (χ1v) is 7.70. The smallest absolute Gasteiger partial charge is 0.271 e. The summed E-state index contributed by atoms with van der Waals surface area (Å²) in [5, 5.41) is 13.6. The third-order valence-electron chi connectivity index (χ3n) is 3.62. The molecular formula is C18H20N2O4. The van der Waals surface area contributed by atoms with Crippen molar-refractivity contribution in [1.29, 1.82) is 0 Å². The predicted octanol–water partition coefficient (Wildman–Crippen LogP) is 4.01. The highest BCUT2D eigenvalue weighted by Crippen LogP contribution is 2.23. The number of carbonyl (C=O) groups excluding carboxylic acids is 1. The lowest BCUT2D eigenvalue weighted by Gasteiger charge is -2.18. The molecular weight excluding hydrogens is 308 g/mol. The molecule has 0 aliphatic heterocycles. The van der Waals surface area contributed by atoms with Crippen molar-refractivity contribution in [1.82, 2.24) is 0 Å². The van der Waals surface area contributed by atoms with Gasteiger partial charge in [-0.3, -0.25) is 14.9 Å². The number of ether oxygens (including phenoxy) is 1. The molecule has 24 heavy (non-hydrogen) atoms. The average molecular weight is 328 g/mol. The molecule has 0 heterocycles. The normalized spacial score (nSPS) is 11.6. The summed E-state index contributed by atoms with van der Waals surface area (Å²) in [5.41, 5.74) is 2.14. The molecule has 0 saturated heterocycles. The van der Waals surface area contributed by atoms with Gasteiger partial charge >= 0.3 is 0 Å². The number of hydrogen-bond acceptors (Lipinski definition) is 4. The summed E-state index contributed by atoms with van der Waals surface area (Å²) in [5.74, 6) is 0.287. The fraction of sp³-hybridized carbons (Fsp3) is 0.278. The highest BCUT2D eigenvalue weighted by atomic mass is 16.6. The van der Waals surface area contributed by atoms with Crippen LogP contribution in [0.2, 0.25) is 0 Å². The van der Waals surface area contributed by atoms with Crippen molar-refractivity contribution in [3.8, 4) is 5.75 Å². The van der Waals surface area contributed by atoms with Crippen molar-refractivity contribution in [3.05, 3.63) is 63.7 Å². The lowest BCUT2D eigenvalue weighted by atomic mass is 10.1. The molecule has 0 radical (unpaired) electrons. The molecule has 0 fully saturated rings. The third-order valence-corrected chi connectivity index (χ3v) is 3.62. The summed E-state index contributed by atoms with van der Waals surface area (Å²) in [6.07, 6.45) is -0.196. The van der Waals surface area contributed by atoms with Crippen molar-refractivity contribution in [2.75, 3.05) is 5.32 Å². The minimum Gasteiger partial charge on any atom is -0.481 e. The summed E-state index contributed by atoms with van der Waals surface area (Å²) in [6, 6.07) is 11.8. The van der Waals surface area contributed by atoms with E-state index in [0.29, 0.717) is 17.9 Å². The number of anilines is 1. The number of benzene rings is 2. The highest BCUT2D eigenvalue weighted by Gasteiger charge is 2.20. The van der Waals surface area contributed by atoms with Crippen LogP contribution < -0.4 is 10.1 Å². The SMILES string of the molecule is CCC(Oc1cccc(C)c1)C(=O)Nc1cc([N+](=O)[O-])ccc1C. The predicted molar refractivity (Wildman–Crippen MR) is 92.3 cm³/mol. The van der Waals surface area contributed by atoms with Crippen LogP contribution in [-0.2, 0) is 4.79 Å². The number of non-ortho nitro benzene ring substituents is 1. The van der Waals surface area contributed by atoms with E-state index in [4.69, 9.17) is 4.74 Å². The molecule has 2 aromatic rings. The van der Waals surface area contributed by atoms with Gasteiger partial charge < -0.3 is 10.1 Å². The molecule has 6 heteroatoms. The molecule has 0 aliphatic carbocycles. The second kappa shape index (κ2) is 7.59. The zero-order valence-electron chi connectivity index (χ0n) is 13.9. The van der Waals surface area contributed by atoms with Crippen molar-refractivity contribution < 1.29 is 14.5 Å². The molecule has 0 aliphatic rings. The summed E-state index contributed by atoms with van der Waals surface area (Å²) in [4.78, 5) is 22.9. The Morgan fingerprint density at radius 1 is 1.25 bits per heavy atom. The number of rotatable bonds is 6. The second-order valence-electron chi connectivity index (χ2n) is 5.58. The Balaban J connectivity index is 2.15. The Labute approximate surface area is 140 Å². The minimum absolute atomic E-state index is 0.0662. The maximum Gasteiger partial charge on any atom is 0.271 e. The molecule has 1 unspecified atom stereocenters. The van der Waals surface area contributed by atoms with E-state index in [-0.39, 0.29) is 11.6 Å². The van der Waals surface area contributed by atoms with Crippen molar-refractivity contribution in [3.63, 3.8) is 0 Å². The van der Waals surface area contributed by atoms with Gasteiger partial charge in [-0.2, -0.15) is 0 Å².